The molecular formula is C12H11N3O2. The maximum Gasteiger partial charge on any atom is 0.235 e. The van der Waals surface area contributed by atoms with E-state index in [1.54, 1.807) is 32.2 Å². The first kappa shape index (κ1) is 11.0. The second kappa shape index (κ2) is 4.18. The molecule has 1 aromatic carbocycles. The van der Waals surface area contributed by atoms with Crippen molar-refractivity contribution in [1.29, 1.82) is 5.26 Å². The molecule has 1 N–H and O–H groups in total. The van der Waals surface area contributed by atoms with Gasteiger partial charge in [-0.2, -0.15) is 10.4 Å². The van der Waals surface area contributed by atoms with Crippen molar-refractivity contribution in [2.75, 3.05) is 0 Å². The van der Waals surface area contributed by atoms with E-state index in [1.807, 2.05) is 6.07 Å². The molecule has 0 saturated heterocycles. The van der Waals surface area contributed by atoms with Crippen LogP contribution in [0.15, 0.2) is 24.3 Å². The second-order valence-corrected chi connectivity index (χ2v) is 3.60. The number of benzene rings is 1. The van der Waals surface area contributed by atoms with Crippen LogP contribution in [0.4, 0.5) is 0 Å². The fourth-order valence-electron chi connectivity index (χ4n) is 1.54. The predicted molar refractivity (Wildman–Crippen MR) is 60.8 cm³/mol. The maximum atomic E-state index is 9.32. The highest BCUT2D eigenvalue weighted by atomic mass is 16.5. The van der Waals surface area contributed by atoms with E-state index in [9.17, 15) is 5.11 Å². The van der Waals surface area contributed by atoms with Gasteiger partial charge in [-0.25, -0.2) is 4.68 Å². The van der Waals surface area contributed by atoms with Crippen LogP contribution in [0.25, 0.3) is 0 Å². The van der Waals surface area contributed by atoms with Gasteiger partial charge in [0.2, 0.25) is 5.88 Å². The van der Waals surface area contributed by atoms with E-state index in [2.05, 4.69) is 5.10 Å². The van der Waals surface area contributed by atoms with Crippen molar-refractivity contribution >= 4 is 0 Å². The molecule has 2 rings (SSSR count). The molecule has 0 fully saturated rings. The Morgan fingerprint density at radius 1 is 1.47 bits per heavy atom. The molecule has 17 heavy (non-hydrogen) atoms. The molecule has 86 valence electrons. The minimum Gasteiger partial charge on any atom is -0.508 e. The third kappa shape index (κ3) is 2.06. The van der Waals surface area contributed by atoms with Crippen LogP contribution < -0.4 is 4.74 Å². The number of phenolic OH excluding ortho intramolecular Hbond substituents is 1. The Hall–Kier alpha value is -2.48. The fraction of sp³-hybridized carbons (Fsp3) is 0.167. The van der Waals surface area contributed by atoms with E-state index in [0.29, 0.717) is 22.9 Å². The van der Waals surface area contributed by atoms with Crippen LogP contribution in [-0.2, 0) is 7.05 Å². The summed E-state index contributed by atoms with van der Waals surface area (Å²) < 4.78 is 7.05. The van der Waals surface area contributed by atoms with Gasteiger partial charge in [0.05, 0.1) is 5.69 Å². The number of aryl methyl sites for hydroxylation is 2. The third-order valence-corrected chi connectivity index (χ3v) is 2.31. The van der Waals surface area contributed by atoms with E-state index in [0.717, 1.165) is 0 Å². The SMILES string of the molecule is Cc1nn(C)c(Oc2cccc(O)c2)c1C#N. The number of ether oxygens (including phenoxy) is 1. The Bertz CT molecular complexity index is 596. The predicted octanol–water partition coefficient (Wildman–Crippen LogP) is 2.10. The zero-order valence-corrected chi connectivity index (χ0v) is 9.51. The molecule has 0 amide bonds. The highest BCUT2D eigenvalue weighted by molar-refractivity contribution is 5.45. The van der Waals surface area contributed by atoms with Gasteiger partial charge in [0.15, 0.2) is 0 Å². The lowest BCUT2D eigenvalue weighted by molar-refractivity contribution is 0.421. The Labute approximate surface area is 98.5 Å². The molecule has 0 bridgehead atoms. The first-order valence-corrected chi connectivity index (χ1v) is 5.02. The quantitative estimate of drug-likeness (QED) is 0.855. The van der Waals surface area contributed by atoms with Crippen LogP contribution in [0.1, 0.15) is 11.3 Å². The van der Waals surface area contributed by atoms with Gasteiger partial charge >= 0.3 is 0 Å². The minimum atomic E-state index is 0.111. The number of rotatable bonds is 2. The number of hydrogen-bond acceptors (Lipinski definition) is 4. The number of nitrogens with zero attached hydrogens (tertiary/aromatic N) is 3. The molecule has 0 spiro atoms. The average Bonchev–Trinajstić information content (AvgIpc) is 2.53. The van der Waals surface area contributed by atoms with Crippen LogP contribution in [0, 0.1) is 18.3 Å². The lowest BCUT2D eigenvalue weighted by atomic mass is 10.3. The van der Waals surface area contributed by atoms with Crippen molar-refractivity contribution in [3.63, 3.8) is 0 Å². The summed E-state index contributed by atoms with van der Waals surface area (Å²) in [6.07, 6.45) is 0. The third-order valence-electron chi connectivity index (χ3n) is 2.31. The number of nitriles is 1. The van der Waals surface area contributed by atoms with Gasteiger partial charge in [0, 0.05) is 13.1 Å². The largest absolute Gasteiger partial charge is 0.508 e. The Morgan fingerprint density at radius 2 is 2.24 bits per heavy atom. The minimum absolute atomic E-state index is 0.111. The molecule has 0 aliphatic rings. The monoisotopic (exact) mass is 229 g/mol. The summed E-state index contributed by atoms with van der Waals surface area (Å²) in [7, 11) is 1.70. The summed E-state index contributed by atoms with van der Waals surface area (Å²) in [5.41, 5.74) is 1.01. The van der Waals surface area contributed by atoms with Crippen molar-refractivity contribution in [2.45, 2.75) is 6.92 Å². The lowest BCUT2D eigenvalue weighted by Crippen LogP contribution is -1.95. The van der Waals surface area contributed by atoms with Crippen LogP contribution in [-0.4, -0.2) is 14.9 Å². The molecule has 5 nitrogen and oxygen atoms in total. The van der Waals surface area contributed by atoms with Crippen LogP contribution in [0.2, 0.25) is 0 Å². The van der Waals surface area contributed by atoms with Crippen LogP contribution in [0.3, 0.4) is 0 Å². The lowest BCUT2D eigenvalue weighted by Gasteiger charge is -2.06. The van der Waals surface area contributed by atoms with E-state index < -0.39 is 0 Å². The Balaban J connectivity index is 2.40. The van der Waals surface area contributed by atoms with Crippen molar-refractivity contribution in [3.05, 3.63) is 35.5 Å². The molecule has 1 heterocycles. The van der Waals surface area contributed by atoms with Gasteiger partial charge in [-0.1, -0.05) is 6.07 Å². The molecule has 0 aliphatic heterocycles. The first-order chi connectivity index (χ1) is 8.11. The molecule has 1 aromatic heterocycles. The van der Waals surface area contributed by atoms with Crippen molar-refractivity contribution < 1.29 is 9.84 Å². The summed E-state index contributed by atoms with van der Waals surface area (Å²) in [4.78, 5) is 0. The van der Waals surface area contributed by atoms with Gasteiger partial charge in [-0.15, -0.1) is 0 Å². The van der Waals surface area contributed by atoms with E-state index in [-0.39, 0.29) is 5.75 Å². The van der Waals surface area contributed by atoms with Gasteiger partial charge in [0.1, 0.15) is 23.1 Å². The molecule has 0 aliphatic carbocycles. The van der Waals surface area contributed by atoms with Crippen LogP contribution >= 0.6 is 0 Å². The molecule has 0 radical (unpaired) electrons. The first-order valence-electron chi connectivity index (χ1n) is 5.02. The Kier molecular flexibility index (Phi) is 2.71. The summed E-state index contributed by atoms with van der Waals surface area (Å²) in [6.45, 7) is 1.74. The van der Waals surface area contributed by atoms with Gasteiger partial charge in [-0.3, -0.25) is 0 Å². The molecular weight excluding hydrogens is 218 g/mol. The van der Waals surface area contributed by atoms with Crippen molar-refractivity contribution in [1.82, 2.24) is 9.78 Å². The fourth-order valence-corrected chi connectivity index (χ4v) is 1.54. The highest BCUT2D eigenvalue weighted by Gasteiger charge is 2.15. The highest BCUT2D eigenvalue weighted by Crippen LogP contribution is 2.28. The molecule has 5 heteroatoms. The zero-order valence-electron chi connectivity index (χ0n) is 9.51. The second-order valence-electron chi connectivity index (χ2n) is 3.60. The van der Waals surface area contributed by atoms with E-state index in [4.69, 9.17) is 10.00 Å². The smallest absolute Gasteiger partial charge is 0.235 e. The van der Waals surface area contributed by atoms with E-state index in [1.165, 1.54) is 10.7 Å². The van der Waals surface area contributed by atoms with Gasteiger partial charge in [0.25, 0.3) is 0 Å². The summed E-state index contributed by atoms with van der Waals surface area (Å²) >= 11 is 0. The number of hydrogen-bond donors (Lipinski definition) is 1. The van der Waals surface area contributed by atoms with Gasteiger partial charge < -0.3 is 9.84 Å². The van der Waals surface area contributed by atoms with Crippen molar-refractivity contribution in [2.24, 2.45) is 7.05 Å². The topological polar surface area (TPSA) is 71.1 Å². The van der Waals surface area contributed by atoms with Crippen molar-refractivity contribution in [3.8, 4) is 23.4 Å². The number of phenols is 1. The summed E-state index contributed by atoms with van der Waals surface area (Å²) in [6, 6.07) is 8.44. The normalized spacial score (nSPS) is 9.94. The Morgan fingerprint density at radius 3 is 2.88 bits per heavy atom. The number of aromatic hydroxyl groups is 1. The zero-order chi connectivity index (χ0) is 12.4. The summed E-state index contributed by atoms with van der Waals surface area (Å²) in [5, 5.41) is 22.4. The molecule has 0 unspecified atom stereocenters. The average molecular weight is 229 g/mol. The molecule has 2 aromatic rings. The standard InChI is InChI=1S/C12H11N3O2/c1-8-11(7-13)12(15(2)14-8)17-10-5-3-4-9(16)6-10/h3-6,16H,1-2H3. The van der Waals surface area contributed by atoms with E-state index >= 15 is 0 Å². The van der Waals surface area contributed by atoms with Gasteiger partial charge in [-0.05, 0) is 19.1 Å². The number of aromatic nitrogens is 2. The van der Waals surface area contributed by atoms with Crippen LogP contribution in [0.5, 0.6) is 17.4 Å². The summed E-state index contributed by atoms with van der Waals surface area (Å²) in [5.74, 6) is 0.944. The molecule has 0 atom stereocenters. The maximum absolute atomic E-state index is 9.32. The molecule has 0 saturated carbocycles.